The van der Waals surface area contributed by atoms with Crippen molar-refractivity contribution in [1.82, 2.24) is 14.3 Å². The van der Waals surface area contributed by atoms with Gasteiger partial charge in [-0.05, 0) is 37.3 Å². The number of aromatic nitrogens is 2. The minimum atomic E-state index is -3.98. The fourth-order valence-corrected chi connectivity index (χ4v) is 5.27. The molecule has 0 spiro atoms. The van der Waals surface area contributed by atoms with Gasteiger partial charge in [0, 0.05) is 43.9 Å². The molecule has 0 atom stereocenters. The molecule has 1 aliphatic rings. The summed E-state index contributed by atoms with van der Waals surface area (Å²) in [5.74, 6) is 1.48. The number of piperazine rings is 1. The van der Waals surface area contributed by atoms with E-state index in [1.165, 1.54) is 34.9 Å². The molecule has 0 bridgehead atoms. The first-order chi connectivity index (χ1) is 15.9. The van der Waals surface area contributed by atoms with Gasteiger partial charge >= 0.3 is 0 Å². The molecule has 0 aliphatic carbocycles. The van der Waals surface area contributed by atoms with Crippen molar-refractivity contribution in [3.8, 4) is 17.0 Å². The number of ether oxygens (including phenoxy) is 1. The summed E-state index contributed by atoms with van der Waals surface area (Å²) in [6.45, 7) is 3.71. The van der Waals surface area contributed by atoms with Crippen molar-refractivity contribution < 1.29 is 18.1 Å². The quantitative estimate of drug-likeness (QED) is 0.383. The van der Waals surface area contributed by atoms with Gasteiger partial charge in [-0.2, -0.15) is 4.31 Å². The highest BCUT2D eigenvalue weighted by molar-refractivity contribution is 7.89. The number of para-hydroxylation sites is 1. The minimum absolute atomic E-state index is 0.191. The Bertz CT molecular complexity index is 1240. The molecule has 33 heavy (non-hydrogen) atoms. The number of nitro groups is 1. The highest BCUT2D eigenvalue weighted by Crippen LogP contribution is 2.28. The van der Waals surface area contributed by atoms with Crippen LogP contribution in [0.3, 0.4) is 0 Å². The van der Waals surface area contributed by atoms with Gasteiger partial charge in [0.05, 0.1) is 17.2 Å². The molecule has 4 rings (SSSR count). The van der Waals surface area contributed by atoms with Crippen LogP contribution in [-0.4, -0.2) is 60.4 Å². The van der Waals surface area contributed by atoms with E-state index in [9.17, 15) is 18.5 Å². The molecule has 10 nitrogen and oxygen atoms in total. The maximum Gasteiger partial charge on any atom is 0.289 e. The lowest BCUT2D eigenvalue weighted by Crippen LogP contribution is -2.49. The Kier molecular flexibility index (Phi) is 6.52. The third-order valence-electron chi connectivity index (χ3n) is 5.36. The smallest absolute Gasteiger partial charge is 0.289 e. The van der Waals surface area contributed by atoms with Gasteiger partial charge in [0.15, 0.2) is 4.90 Å². The summed E-state index contributed by atoms with van der Waals surface area (Å²) in [4.78, 5) is 21.0. The van der Waals surface area contributed by atoms with Crippen molar-refractivity contribution in [3.63, 3.8) is 0 Å². The summed E-state index contributed by atoms with van der Waals surface area (Å²) in [5, 5.41) is 11.3. The van der Waals surface area contributed by atoms with Crippen LogP contribution in [0.4, 0.5) is 11.5 Å². The molecule has 11 heteroatoms. The Morgan fingerprint density at radius 3 is 2.39 bits per heavy atom. The van der Waals surface area contributed by atoms with Gasteiger partial charge in [-0.1, -0.05) is 12.1 Å². The van der Waals surface area contributed by atoms with Crippen molar-refractivity contribution in [1.29, 1.82) is 0 Å². The van der Waals surface area contributed by atoms with E-state index in [0.717, 1.165) is 17.0 Å². The molecule has 3 aromatic rings. The standard InChI is InChI=1S/C22H23N5O5S/c1-2-32-18-9-7-17(8-10-18)19-15-22(24-16-23-19)25-11-13-26(14-12-25)33(30,31)21-6-4-3-5-20(21)27(28)29/h3-10,15-16H,2,11-14H2,1H3. The number of hydrogen-bond donors (Lipinski definition) is 0. The van der Waals surface area contributed by atoms with Crippen molar-refractivity contribution >= 4 is 21.5 Å². The normalized spacial score (nSPS) is 14.8. The van der Waals surface area contributed by atoms with Gasteiger partial charge in [0.25, 0.3) is 5.69 Å². The number of sulfonamides is 1. The molecule has 0 radical (unpaired) electrons. The molecule has 0 N–H and O–H groups in total. The van der Waals surface area contributed by atoms with Crippen molar-refractivity contribution in [3.05, 3.63) is 71.0 Å². The van der Waals surface area contributed by atoms with E-state index < -0.39 is 20.6 Å². The molecule has 172 valence electrons. The predicted octanol–water partition coefficient (Wildman–Crippen LogP) is 2.96. The van der Waals surface area contributed by atoms with E-state index >= 15 is 0 Å². The number of nitro benzene ring substituents is 1. The molecular weight excluding hydrogens is 446 g/mol. The van der Waals surface area contributed by atoms with Gasteiger partial charge in [-0.3, -0.25) is 10.1 Å². The summed E-state index contributed by atoms with van der Waals surface area (Å²) in [6.07, 6.45) is 1.48. The third kappa shape index (κ3) is 4.78. The van der Waals surface area contributed by atoms with Crippen molar-refractivity contribution in [2.75, 3.05) is 37.7 Å². The molecule has 0 unspecified atom stereocenters. The predicted molar refractivity (Wildman–Crippen MR) is 123 cm³/mol. The topological polar surface area (TPSA) is 119 Å². The second-order valence-corrected chi connectivity index (χ2v) is 9.24. The zero-order valence-electron chi connectivity index (χ0n) is 18.0. The largest absolute Gasteiger partial charge is 0.494 e. The van der Waals surface area contributed by atoms with E-state index in [1.54, 1.807) is 0 Å². The molecule has 0 saturated carbocycles. The molecule has 1 aliphatic heterocycles. The number of nitrogens with zero attached hydrogens (tertiary/aromatic N) is 5. The van der Waals surface area contributed by atoms with Crippen LogP contribution in [0.25, 0.3) is 11.3 Å². The fraction of sp³-hybridized carbons (Fsp3) is 0.273. The number of rotatable bonds is 7. The van der Waals surface area contributed by atoms with E-state index in [1.807, 2.05) is 42.2 Å². The van der Waals surface area contributed by atoms with Crippen LogP contribution in [0.15, 0.2) is 65.8 Å². The summed E-state index contributed by atoms with van der Waals surface area (Å²) in [6, 6.07) is 14.9. The van der Waals surface area contributed by atoms with Gasteiger partial charge in [0.2, 0.25) is 10.0 Å². The average Bonchev–Trinajstić information content (AvgIpc) is 2.85. The third-order valence-corrected chi connectivity index (χ3v) is 7.30. The van der Waals surface area contributed by atoms with Crippen LogP contribution in [0.2, 0.25) is 0 Å². The Hall–Kier alpha value is -3.57. The van der Waals surface area contributed by atoms with Gasteiger partial charge < -0.3 is 9.64 Å². The molecule has 2 aromatic carbocycles. The average molecular weight is 470 g/mol. The minimum Gasteiger partial charge on any atom is -0.494 e. The lowest BCUT2D eigenvalue weighted by Gasteiger charge is -2.34. The summed E-state index contributed by atoms with van der Waals surface area (Å²) < 4.78 is 32.8. The molecular formula is C22H23N5O5S. The van der Waals surface area contributed by atoms with Crippen LogP contribution >= 0.6 is 0 Å². The van der Waals surface area contributed by atoms with Crippen LogP contribution in [0.1, 0.15) is 6.92 Å². The first kappa shape index (κ1) is 22.6. The van der Waals surface area contributed by atoms with Crippen molar-refractivity contribution in [2.24, 2.45) is 0 Å². The van der Waals surface area contributed by atoms with Crippen LogP contribution in [-0.2, 0) is 10.0 Å². The highest BCUT2D eigenvalue weighted by atomic mass is 32.2. The summed E-state index contributed by atoms with van der Waals surface area (Å²) in [5.41, 5.74) is 1.24. The second kappa shape index (κ2) is 9.51. The maximum absolute atomic E-state index is 13.0. The van der Waals surface area contributed by atoms with Gasteiger partial charge in [0.1, 0.15) is 17.9 Å². The first-order valence-electron chi connectivity index (χ1n) is 10.4. The van der Waals surface area contributed by atoms with E-state index in [4.69, 9.17) is 4.74 Å². The monoisotopic (exact) mass is 469 g/mol. The Balaban J connectivity index is 1.48. The van der Waals surface area contributed by atoms with Crippen LogP contribution < -0.4 is 9.64 Å². The molecule has 1 aromatic heterocycles. The molecule has 0 amide bonds. The summed E-state index contributed by atoms with van der Waals surface area (Å²) in [7, 11) is -3.98. The Morgan fingerprint density at radius 1 is 1.03 bits per heavy atom. The summed E-state index contributed by atoms with van der Waals surface area (Å²) >= 11 is 0. The van der Waals surface area contributed by atoms with E-state index in [-0.39, 0.29) is 18.0 Å². The second-order valence-electron chi connectivity index (χ2n) is 7.33. The van der Waals surface area contributed by atoms with Crippen molar-refractivity contribution in [2.45, 2.75) is 11.8 Å². The van der Waals surface area contributed by atoms with Crippen LogP contribution in [0, 0.1) is 10.1 Å². The van der Waals surface area contributed by atoms with Gasteiger partial charge in [-0.15, -0.1) is 0 Å². The number of hydrogen-bond acceptors (Lipinski definition) is 8. The zero-order valence-corrected chi connectivity index (χ0v) is 18.8. The lowest BCUT2D eigenvalue weighted by molar-refractivity contribution is -0.387. The van der Waals surface area contributed by atoms with Gasteiger partial charge in [-0.25, -0.2) is 18.4 Å². The zero-order chi connectivity index (χ0) is 23.4. The number of anilines is 1. The Labute approximate surface area is 191 Å². The van der Waals surface area contributed by atoms with E-state index in [0.29, 0.717) is 25.5 Å². The highest BCUT2D eigenvalue weighted by Gasteiger charge is 2.33. The lowest BCUT2D eigenvalue weighted by atomic mass is 10.1. The van der Waals surface area contributed by atoms with E-state index in [2.05, 4.69) is 9.97 Å². The van der Waals surface area contributed by atoms with Crippen LogP contribution in [0.5, 0.6) is 5.75 Å². The number of benzene rings is 2. The Morgan fingerprint density at radius 2 is 1.73 bits per heavy atom. The fourth-order valence-electron chi connectivity index (χ4n) is 3.69. The maximum atomic E-state index is 13.0. The SMILES string of the molecule is CCOc1ccc(-c2cc(N3CCN(S(=O)(=O)c4ccccc4[N+](=O)[O-])CC3)ncn2)cc1. The molecule has 1 fully saturated rings. The molecule has 1 saturated heterocycles. The first-order valence-corrected chi connectivity index (χ1v) is 11.9. The molecule has 2 heterocycles.